The number of nitrogens with one attached hydrogen (secondary N) is 1. The topological polar surface area (TPSA) is 66.5 Å². The molecule has 5 nitrogen and oxygen atoms in total. The molecule has 6 heteroatoms. The first-order valence-electron chi connectivity index (χ1n) is 8.32. The predicted octanol–water partition coefficient (Wildman–Crippen LogP) is 2.79. The molecule has 0 radical (unpaired) electrons. The Kier molecular flexibility index (Phi) is 5.28. The molecule has 0 unspecified atom stereocenters. The summed E-state index contributed by atoms with van der Waals surface area (Å²) in [6.07, 6.45) is 1.59. The quantitative estimate of drug-likeness (QED) is 0.776. The van der Waals surface area contributed by atoms with Crippen molar-refractivity contribution in [2.75, 3.05) is 13.1 Å². The summed E-state index contributed by atoms with van der Waals surface area (Å²) in [5.41, 5.74) is 1.87. The fourth-order valence-electron chi connectivity index (χ4n) is 2.87. The fraction of sp³-hybridized carbons (Fsp3) is 0.316. The van der Waals surface area contributed by atoms with Crippen LogP contribution in [0.3, 0.4) is 0 Å². The average molecular weight is 356 g/mol. The summed E-state index contributed by atoms with van der Waals surface area (Å²) in [7, 11) is 0. The van der Waals surface area contributed by atoms with Gasteiger partial charge in [-0.05, 0) is 43.3 Å². The minimum atomic E-state index is -0.266. The van der Waals surface area contributed by atoms with Gasteiger partial charge < -0.3 is 5.32 Å². The third-order valence-electron chi connectivity index (χ3n) is 4.19. The minimum absolute atomic E-state index is 0.0518. The molecule has 1 aliphatic heterocycles. The molecule has 0 fully saturated rings. The van der Waals surface area contributed by atoms with Crippen molar-refractivity contribution < 1.29 is 14.4 Å². The predicted molar refractivity (Wildman–Crippen MR) is 96.8 cm³/mol. The van der Waals surface area contributed by atoms with Crippen LogP contribution in [-0.4, -0.2) is 35.7 Å². The van der Waals surface area contributed by atoms with E-state index in [9.17, 15) is 14.4 Å². The molecule has 0 saturated carbocycles. The maximum Gasteiger partial charge on any atom is 0.261 e. The van der Waals surface area contributed by atoms with Crippen LogP contribution in [0.1, 0.15) is 44.0 Å². The van der Waals surface area contributed by atoms with Gasteiger partial charge in [0.15, 0.2) is 0 Å². The van der Waals surface area contributed by atoms with Crippen LogP contribution in [0.5, 0.6) is 0 Å². The molecule has 0 aliphatic carbocycles. The lowest BCUT2D eigenvalue weighted by molar-refractivity contribution is -0.121. The highest BCUT2D eigenvalue weighted by Gasteiger charge is 2.34. The molecule has 3 rings (SSSR count). The van der Waals surface area contributed by atoms with E-state index in [2.05, 4.69) is 5.32 Å². The first-order valence-corrected chi connectivity index (χ1v) is 9.20. The van der Waals surface area contributed by atoms with Crippen molar-refractivity contribution in [1.29, 1.82) is 0 Å². The van der Waals surface area contributed by atoms with Gasteiger partial charge in [-0.3, -0.25) is 19.3 Å². The smallest absolute Gasteiger partial charge is 0.261 e. The van der Waals surface area contributed by atoms with Gasteiger partial charge in [-0.2, -0.15) is 0 Å². The molecule has 2 heterocycles. The number of hydrogen-bond donors (Lipinski definition) is 1. The molecule has 0 spiro atoms. The number of nitrogens with zero attached hydrogens (tertiary/aromatic N) is 1. The molecule has 1 aromatic heterocycles. The molecule has 0 saturated heterocycles. The highest BCUT2D eigenvalue weighted by Crippen LogP contribution is 2.24. The molecule has 130 valence electrons. The van der Waals surface area contributed by atoms with E-state index in [1.54, 1.807) is 23.5 Å². The minimum Gasteiger partial charge on any atom is -0.356 e. The standard InChI is InChI=1S/C19H20N2O3S/c1-13-6-7-15-16(12-13)19(24)21(18(15)23)10-2-5-17(22)20-9-8-14-4-3-11-25-14/h3-4,6-7,11-12H,2,5,8-10H2,1H3,(H,20,22). The molecule has 25 heavy (non-hydrogen) atoms. The van der Waals surface area contributed by atoms with Crippen molar-refractivity contribution in [3.63, 3.8) is 0 Å². The lowest BCUT2D eigenvalue weighted by Gasteiger charge is -2.13. The number of benzene rings is 1. The zero-order valence-corrected chi connectivity index (χ0v) is 14.9. The summed E-state index contributed by atoms with van der Waals surface area (Å²) in [6.45, 7) is 2.76. The van der Waals surface area contributed by atoms with Crippen LogP contribution in [0.2, 0.25) is 0 Å². The summed E-state index contributed by atoms with van der Waals surface area (Å²) in [6, 6.07) is 9.30. The van der Waals surface area contributed by atoms with Crippen molar-refractivity contribution in [3.05, 3.63) is 57.3 Å². The van der Waals surface area contributed by atoms with Crippen molar-refractivity contribution >= 4 is 29.1 Å². The van der Waals surface area contributed by atoms with Gasteiger partial charge in [0.2, 0.25) is 5.91 Å². The highest BCUT2D eigenvalue weighted by atomic mass is 32.1. The number of hydrogen-bond acceptors (Lipinski definition) is 4. The number of thiophene rings is 1. The van der Waals surface area contributed by atoms with Crippen molar-refractivity contribution in [3.8, 4) is 0 Å². The van der Waals surface area contributed by atoms with Gasteiger partial charge in [-0.1, -0.05) is 17.7 Å². The Hall–Kier alpha value is -2.47. The lowest BCUT2D eigenvalue weighted by Crippen LogP contribution is -2.32. The molecule has 0 bridgehead atoms. The third-order valence-corrected chi connectivity index (χ3v) is 5.12. The Labute approximate surface area is 150 Å². The van der Waals surface area contributed by atoms with Crippen LogP contribution in [0.15, 0.2) is 35.7 Å². The van der Waals surface area contributed by atoms with Crippen molar-refractivity contribution in [1.82, 2.24) is 10.2 Å². The second-order valence-electron chi connectivity index (χ2n) is 6.09. The van der Waals surface area contributed by atoms with Gasteiger partial charge in [-0.15, -0.1) is 11.3 Å². The van der Waals surface area contributed by atoms with Crippen LogP contribution in [0, 0.1) is 6.92 Å². The van der Waals surface area contributed by atoms with Crippen molar-refractivity contribution in [2.24, 2.45) is 0 Å². The van der Waals surface area contributed by atoms with Crippen LogP contribution < -0.4 is 5.32 Å². The molecule has 3 amide bonds. The third kappa shape index (κ3) is 3.96. The summed E-state index contributed by atoms with van der Waals surface area (Å²) in [4.78, 5) is 39.0. The van der Waals surface area contributed by atoms with E-state index in [1.807, 2.05) is 30.5 Å². The molecule has 1 N–H and O–H groups in total. The molecule has 2 aromatic rings. The zero-order chi connectivity index (χ0) is 17.8. The Morgan fingerprint density at radius 1 is 1.16 bits per heavy atom. The van der Waals surface area contributed by atoms with Gasteiger partial charge in [0.1, 0.15) is 0 Å². The van der Waals surface area contributed by atoms with Crippen LogP contribution in [-0.2, 0) is 11.2 Å². The fourth-order valence-corrected chi connectivity index (χ4v) is 3.58. The van der Waals surface area contributed by atoms with E-state index in [0.717, 1.165) is 12.0 Å². The Morgan fingerprint density at radius 3 is 2.72 bits per heavy atom. The Bertz CT molecular complexity index is 799. The first kappa shape index (κ1) is 17.4. The number of amides is 3. The number of carbonyl (C=O) groups is 3. The Morgan fingerprint density at radius 2 is 1.96 bits per heavy atom. The van der Waals surface area contributed by atoms with Gasteiger partial charge in [-0.25, -0.2) is 0 Å². The van der Waals surface area contributed by atoms with Gasteiger partial charge in [0.25, 0.3) is 11.8 Å². The van der Waals surface area contributed by atoms with E-state index in [0.29, 0.717) is 30.5 Å². The summed E-state index contributed by atoms with van der Waals surface area (Å²) < 4.78 is 0. The maximum absolute atomic E-state index is 12.3. The van der Waals surface area contributed by atoms with Gasteiger partial charge >= 0.3 is 0 Å². The summed E-state index contributed by atoms with van der Waals surface area (Å²) >= 11 is 1.67. The van der Waals surface area contributed by atoms with Crippen LogP contribution in [0.25, 0.3) is 0 Å². The summed E-state index contributed by atoms with van der Waals surface area (Å²) in [5.74, 6) is -0.580. The van der Waals surface area contributed by atoms with Crippen molar-refractivity contribution in [2.45, 2.75) is 26.2 Å². The van der Waals surface area contributed by atoms with Crippen LogP contribution in [0.4, 0.5) is 0 Å². The second-order valence-corrected chi connectivity index (χ2v) is 7.13. The number of fused-ring (bicyclic) bond motifs is 1. The highest BCUT2D eigenvalue weighted by molar-refractivity contribution is 7.09. The SMILES string of the molecule is Cc1ccc2c(c1)C(=O)N(CCCC(=O)NCCc1cccs1)C2=O. The largest absolute Gasteiger partial charge is 0.356 e. The number of aryl methyl sites for hydroxylation is 1. The molecular weight excluding hydrogens is 336 g/mol. The lowest BCUT2D eigenvalue weighted by atomic mass is 10.1. The Balaban J connectivity index is 1.44. The molecule has 1 aliphatic rings. The number of carbonyl (C=O) groups excluding carboxylic acids is 3. The number of imide groups is 1. The maximum atomic E-state index is 12.3. The molecular formula is C19H20N2O3S. The monoisotopic (exact) mass is 356 g/mol. The van der Waals surface area contributed by atoms with E-state index < -0.39 is 0 Å². The first-order chi connectivity index (χ1) is 12.1. The van der Waals surface area contributed by atoms with E-state index in [4.69, 9.17) is 0 Å². The van der Waals surface area contributed by atoms with Crippen LogP contribution >= 0.6 is 11.3 Å². The normalized spacial score (nSPS) is 13.2. The summed E-state index contributed by atoms with van der Waals surface area (Å²) in [5, 5.41) is 4.89. The van der Waals surface area contributed by atoms with Gasteiger partial charge in [0, 0.05) is 24.4 Å². The van der Waals surface area contributed by atoms with E-state index in [1.165, 1.54) is 9.78 Å². The zero-order valence-electron chi connectivity index (χ0n) is 14.1. The van der Waals surface area contributed by atoms with E-state index >= 15 is 0 Å². The van der Waals surface area contributed by atoms with E-state index in [-0.39, 0.29) is 24.3 Å². The number of rotatable bonds is 7. The average Bonchev–Trinajstić information content (AvgIpc) is 3.18. The molecule has 0 atom stereocenters. The molecule has 1 aromatic carbocycles. The van der Waals surface area contributed by atoms with Gasteiger partial charge in [0.05, 0.1) is 11.1 Å². The second kappa shape index (κ2) is 7.61.